The molecular weight excluding hydrogens is 336 g/mol. The SMILES string of the molecule is C=CC[N+]12C3C[C@H](C(CC)[C@H]1O)C1C(O)[C@]4(C[C@H]12)c1ccccc1N(C)C34. The van der Waals surface area contributed by atoms with Crippen molar-refractivity contribution in [3.8, 4) is 0 Å². The number of hydrogen-bond acceptors (Lipinski definition) is 3. The minimum atomic E-state index is -0.321. The first-order valence-electron chi connectivity index (χ1n) is 10.7. The van der Waals surface area contributed by atoms with Crippen molar-refractivity contribution in [3.63, 3.8) is 0 Å². The van der Waals surface area contributed by atoms with Crippen LogP contribution in [0.5, 0.6) is 0 Å². The third-order valence-corrected chi connectivity index (χ3v) is 9.56. The van der Waals surface area contributed by atoms with Crippen LogP contribution in [-0.2, 0) is 5.41 Å². The summed E-state index contributed by atoms with van der Waals surface area (Å²) in [5.74, 6) is 1.05. The largest absolute Gasteiger partial charge is 0.392 e. The monoisotopic (exact) mass is 367 g/mol. The number of para-hydroxylation sites is 1. The van der Waals surface area contributed by atoms with E-state index in [1.807, 2.05) is 6.08 Å². The highest BCUT2D eigenvalue weighted by atomic mass is 16.3. The van der Waals surface area contributed by atoms with Crippen molar-refractivity contribution >= 4 is 5.69 Å². The Hall–Kier alpha value is -1.36. The molecule has 6 aliphatic rings. The van der Waals surface area contributed by atoms with E-state index in [0.29, 0.717) is 29.8 Å². The third kappa shape index (κ3) is 1.47. The summed E-state index contributed by atoms with van der Waals surface area (Å²) in [6.07, 6.45) is 4.52. The van der Waals surface area contributed by atoms with E-state index in [9.17, 15) is 10.2 Å². The molecule has 1 saturated carbocycles. The maximum absolute atomic E-state index is 11.9. The number of rotatable bonds is 3. The number of aliphatic hydroxyl groups excluding tert-OH is 2. The molecule has 5 fully saturated rings. The normalized spacial score (nSPS) is 53.6. The number of benzene rings is 1. The van der Waals surface area contributed by atoms with Gasteiger partial charge in [-0.15, -0.1) is 0 Å². The van der Waals surface area contributed by atoms with Crippen molar-refractivity contribution in [3.05, 3.63) is 42.5 Å². The van der Waals surface area contributed by atoms with Gasteiger partial charge in [-0.3, -0.25) is 4.48 Å². The summed E-state index contributed by atoms with van der Waals surface area (Å²) < 4.78 is 0.755. The van der Waals surface area contributed by atoms with Crippen LogP contribution in [0.2, 0.25) is 0 Å². The first-order chi connectivity index (χ1) is 13.0. The van der Waals surface area contributed by atoms with E-state index in [-0.39, 0.29) is 23.8 Å². The first kappa shape index (κ1) is 16.6. The van der Waals surface area contributed by atoms with E-state index in [1.165, 1.54) is 11.3 Å². The van der Waals surface area contributed by atoms with Crippen LogP contribution in [0.15, 0.2) is 36.9 Å². The second-order valence-electron chi connectivity index (χ2n) is 9.83. The van der Waals surface area contributed by atoms with Gasteiger partial charge in [-0.1, -0.05) is 31.7 Å². The van der Waals surface area contributed by atoms with Gasteiger partial charge >= 0.3 is 0 Å². The zero-order valence-electron chi connectivity index (χ0n) is 16.3. The molecule has 5 bridgehead atoms. The van der Waals surface area contributed by atoms with Gasteiger partial charge in [0.2, 0.25) is 0 Å². The van der Waals surface area contributed by atoms with E-state index < -0.39 is 0 Å². The molecule has 4 nitrogen and oxygen atoms in total. The number of quaternary nitrogens is 1. The molecule has 7 rings (SSSR count). The summed E-state index contributed by atoms with van der Waals surface area (Å²) in [4.78, 5) is 2.44. The number of aliphatic hydroxyl groups is 2. The molecule has 4 heteroatoms. The molecule has 144 valence electrons. The highest BCUT2D eigenvalue weighted by Gasteiger charge is 2.82. The molecule has 0 radical (unpaired) electrons. The smallest absolute Gasteiger partial charge is 0.194 e. The Balaban J connectivity index is 1.63. The molecule has 1 aromatic carbocycles. The molecule has 6 unspecified atom stereocenters. The standard InChI is InChI=1S/C23H31N2O2/c1-4-10-25-17-11-14(13(5-2)22(25)27)19-18(25)12-23(21(19)26)15-8-6-7-9-16(15)24(3)20(17)23/h4,6-9,13-14,17-22,26-27H,1,5,10-12H2,2-3H3/q+1/t13?,14-,17?,18-,19?,20?,21?,22-,23-,25?/m1/s1. The van der Waals surface area contributed by atoms with Crippen molar-refractivity contribution in [1.29, 1.82) is 0 Å². The van der Waals surface area contributed by atoms with Crippen LogP contribution in [0.3, 0.4) is 0 Å². The Morgan fingerprint density at radius 2 is 2.07 bits per heavy atom. The van der Waals surface area contributed by atoms with Gasteiger partial charge in [0.25, 0.3) is 0 Å². The predicted octanol–water partition coefficient (Wildman–Crippen LogP) is 2.26. The second-order valence-corrected chi connectivity index (χ2v) is 9.83. The van der Waals surface area contributed by atoms with Gasteiger partial charge in [0.15, 0.2) is 6.23 Å². The van der Waals surface area contributed by atoms with Gasteiger partial charge < -0.3 is 15.1 Å². The van der Waals surface area contributed by atoms with E-state index in [4.69, 9.17) is 0 Å². The fourth-order valence-electron chi connectivity index (χ4n) is 8.98. The summed E-state index contributed by atoms with van der Waals surface area (Å²) >= 11 is 0. The third-order valence-electron chi connectivity index (χ3n) is 9.56. The van der Waals surface area contributed by atoms with E-state index in [1.54, 1.807) is 0 Å². The molecule has 0 amide bonds. The number of piperidine rings is 4. The number of nitrogens with zero attached hydrogens (tertiary/aromatic N) is 2. The topological polar surface area (TPSA) is 43.7 Å². The van der Waals surface area contributed by atoms with Crippen molar-refractivity contribution in [1.82, 2.24) is 0 Å². The van der Waals surface area contributed by atoms with Crippen molar-refractivity contribution in [2.24, 2.45) is 17.8 Å². The maximum atomic E-state index is 11.9. The molecule has 5 heterocycles. The summed E-state index contributed by atoms with van der Waals surface area (Å²) in [5, 5.41) is 23.5. The summed E-state index contributed by atoms with van der Waals surface area (Å²) in [5.41, 5.74) is 2.47. The van der Waals surface area contributed by atoms with Gasteiger partial charge in [-0.25, -0.2) is 0 Å². The van der Waals surface area contributed by atoms with Crippen molar-refractivity contribution < 1.29 is 14.7 Å². The lowest BCUT2D eigenvalue weighted by atomic mass is 9.60. The summed E-state index contributed by atoms with van der Waals surface area (Å²) in [7, 11) is 2.21. The Morgan fingerprint density at radius 1 is 1.30 bits per heavy atom. The second kappa shape index (κ2) is 4.97. The van der Waals surface area contributed by atoms with Crippen LogP contribution >= 0.6 is 0 Å². The van der Waals surface area contributed by atoms with Crippen molar-refractivity contribution in [2.75, 3.05) is 18.5 Å². The molecule has 0 aromatic heterocycles. The quantitative estimate of drug-likeness (QED) is 0.636. The highest BCUT2D eigenvalue weighted by Crippen LogP contribution is 2.71. The number of likely N-dealkylation sites (N-methyl/N-ethyl adjacent to an activating group) is 1. The van der Waals surface area contributed by atoms with Gasteiger partial charge in [-0.2, -0.15) is 0 Å². The lowest BCUT2D eigenvalue weighted by molar-refractivity contribution is -1.03. The number of hydrogen-bond donors (Lipinski definition) is 2. The average Bonchev–Trinajstić information content (AvgIpc) is 3.06. The van der Waals surface area contributed by atoms with Crippen LogP contribution in [0, 0.1) is 17.8 Å². The number of fused-ring (bicyclic) bond motifs is 2. The molecular formula is C23H31N2O2+. The minimum absolute atomic E-state index is 0.161. The van der Waals surface area contributed by atoms with Crippen LogP contribution in [0.4, 0.5) is 5.69 Å². The molecule has 1 aromatic rings. The Bertz CT molecular complexity index is 826. The molecule has 27 heavy (non-hydrogen) atoms. The highest BCUT2D eigenvalue weighted by molar-refractivity contribution is 5.66. The predicted molar refractivity (Wildman–Crippen MR) is 105 cm³/mol. The van der Waals surface area contributed by atoms with E-state index >= 15 is 0 Å². The number of anilines is 1. The minimum Gasteiger partial charge on any atom is -0.392 e. The molecule has 4 saturated heterocycles. The molecule has 5 aliphatic heterocycles. The van der Waals surface area contributed by atoms with Gasteiger partial charge in [0.05, 0.1) is 30.1 Å². The summed E-state index contributed by atoms with van der Waals surface area (Å²) in [6, 6.07) is 9.71. The average molecular weight is 368 g/mol. The zero-order valence-corrected chi connectivity index (χ0v) is 16.3. The van der Waals surface area contributed by atoms with Crippen molar-refractivity contribution in [2.45, 2.75) is 62.1 Å². The van der Waals surface area contributed by atoms with Gasteiger partial charge in [0, 0.05) is 37.4 Å². The van der Waals surface area contributed by atoms with Crippen LogP contribution in [0.1, 0.15) is 31.7 Å². The molecule has 1 aliphatic carbocycles. The van der Waals surface area contributed by atoms with E-state index in [0.717, 1.165) is 30.3 Å². The Morgan fingerprint density at radius 3 is 2.81 bits per heavy atom. The first-order valence-corrected chi connectivity index (χ1v) is 10.7. The van der Waals surface area contributed by atoms with E-state index in [2.05, 4.69) is 49.7 Å². The summed E-state index contributed by atoms with van der Waals surface area (Å²) in [6.45, 7) is 7.10. The Kier molecular flexibility index (Phi) is 3.05. The molecule has 10 atom stereocenters. The molecule has 2 N–H and O–H groups in total. The Labute approximate surface area is 161 Å². The fourth-order valence-corrected chi connectivity index (χ4v) is 8.98. The lowest BCUT2D eigenvalue weighted by Crippen LogP contribution is -2.82. The van der Waals surface area contributed by atoms with Crippen LogP contribution < -0.4 is 4.90 Å². The zero-order chi connectivity index (χ0) is 18.7. The maximum Gasteiger partial charge on any atom is 0.194 e. The van der Waals surface area contributed by atoms with Gasteiger partial charge in [-0.05, 0) is 30.0 Å². The van der Waals surface area contributed by atoms with Crippen LogP contribution in [0.25, 0.3) is 0 Å². The fraction of sp³-hybridized carbons (Fsp3) is 0.652. The van der Waals surface area contributed by atoms with Gasteiger partial charge in [0.1, 0.15) is 6.04 Å². The lowest BCUT2D eigenvalue weighted by Gasteiger charge is -2.67. The molecule has 1 spiro atoms. The van der Waals surface area contributed by atoms with Crippen LogP contribution in [-0.4, -0.2) is 58.7 Å².